The van der Waals surface area contributed by atoms with Crippen molar-refractivity contribution in [2.24, 2.45) is 11.8 Å². The van der Waals surface area contributed by atoms with E-state index >= 15 is 0 Å². The van der Waals surface area contributed by atoms with Crippen LogP contribution in [0.3, 0.4) is 0 Å². The van der Waals surface area contributed by atoms with Crippen LogP contribution >= 0.6 is 11.6 Å². The highest BCUT2D eigenvalue weighted by atomic mass is 35.5. The molecule has 3 unspecified atom stereocenters. The molecule has 0 bridgehead atoms. The van der Waals surface area contributed by atoms with Crippen molar-refractivity contribution >= 4 is 23.7 Å². The first-order chi connectivity index (χ1) is 17.4. The molecule has 3 amide bonds. The average molecular weight is 527 g/mol. The van der Waals surface area contributed by atoms with E-state index in [1.54, 1.807) is 11.0 Å². The van der Waals surface area contributed by atoms with Gasteiger partial charge in [0.15, 0.2) is 0 Å². The largest absolute Gasteiger partial charge is 0.465 e. The monoisotopic (exact) mass is 526 g/mol. The predicted octanol–water partition coefficient (Wildman–Crippen LogP) is 4.78. The van der Waals surface area contributed by atoms with Gasteiger partial charge in [0, 0.05) is 48.7 Å². The normalized spacial score (nSPS) is 20.5. The zero-order valence-corrected chi connectivity index (χ0v) is 21.9. The standard InChI is InChI=1S/C26H40ClFN4O4/c1-29-16-21(14-18-6-3-2-4-7-18)31-25(33)32-12-5-8-19(17-32)24(36-13-11-30-26(34)35)22-15-20(27)9-10-23(22)28/h9-10,15,18-19,21,24,29-30H,2-8,11-14,16-17H2,1H3,(H,31,33)(H,34,35). The van der Waals surface area contributed by atoms with Crippen molar-refractivity contribution in [3.05, 3.63) is 34.6 Å². The molecule has 10 heteroatoms. The summed E-state index contributed by atoms with van der Waals surface area (Å²) >= 11 is 6.16. The molecule has 0 spiro atoms. The van der Waals surface area contributed by atoms with Crippen molar-refractivity contribution in [3.63, 3.8) is 0 Å². The second kappa shape index (κ2) is 14.6. The van der Waals surface area contributed by atoms with Gasteiger partial charge >= 0.3 is 12.1 Å². The number of nitrogens with one attached hydrogen (secondary N) is 3. The van der Waals surface area contributed by atoms with Gasteiger partial charge in [0.05, 0.1) is 12.7 Å². The van der Waals surface area contributed by atoms with Crippen LogP contribution < -0.4 is 16.0 Å². The lowest BCUT2D eigenvalue weighted by Gasteiger charge is -2.38. The van der Waals surface area contributed by atoms with E-state index in [2.05, 4.69) is 16.0 Å². The second-order valence-corrected chi connectivity index (χ2v) is 10.4. The van der Waals surface area contributed by atoms with Crippen molar-refractivity contribution < 1.29 is 23.8 Å². The van der Waals surface area contributed by atoms with Crippen LogP contribution in [0, 0.1) is 17.7 Å². The van der Waals surface area contributed by atoms with Crippen molar-refractivity contribution in [3.8, 4) is 0 Å². The Bertz CT molecular complexity index is 855. The van der Waals surface area contributed by atoms with E-state index < -0.39 is 18.0 Å². The first-order valence-electron chi connectivity index (χ1n) is 13.1. The lowest BCUT2D eigenvalue weighted by Crippen LogP contribution is -2.52. The topological polar surface area (TPSA) is 103 Å². The number of carboxylic acid groups (broad SMARTS) is 1. The number of ether oxygens (including phenoxy) is 1. The summed E-state index contributed by atoms with van der Waals surface area (Å²) in [5, 5.41) is 17.9. The Hall–Kier alpha value is -2.10. The maximum absolute atomic E-state index is 14.8. The predicted molar refractivity (Wildman–Crippen MR) is 138 cm³/mol. The Morgan fingerprint density at radius 1 is 1.22 bits per heavy atom. The van der Waals surface area contributed by atoms with Gasteiger partial charge in [-0.05, 0) is 50.4 Å². The Morgan fingerprint density at radius 2 is 2.00 bits per heavy atom. The first kappa shape index (κ1) is 28.5. The van der Waals surface area contributed by atoms with Gasteiger partial charge in [-0.1, -0.05) is 43.7 Å². The SMILES string of the molecule is CNCC(CC1CCCCC1)NC(=O)N1CCCC(C(OCCNC(=O)O)c2cc(Cl)ccc2F)C1. The van der Waals surface area contributed by atoms with Crippen LogP contribution in [0.25, 0.3) is 0 Å². The van der Waals surface area contributed by atoms with Crippen LogP contribution in [0.5, 0.6) is 0 Å². The van der Waals surface area contributed by atoms with E-state index in [-0.39, 0.29) is 31.1 Å². The molecular weight excluding hydrogens is 487 g/mol. The molecule has 0 aromatic heterocycles. The number of halogens is 2. The summed E-state index contributed by atoms with van der Waals surface area (Å²) in [5.74, 6) is 0.0663. The first-order valence-corrected chi connectivity index (χ1v) is 13.5. The minimum absolute atomic E-state index is 0.0606. The molecule has 2 aliphatic rings. The minimum atomic E-state index is -1.14. The fourth-order valence-corrected chi connectivity index (χ4v) is 5.71. The third-order valence-corrected chi connectivity index (χ3v) is 7.47. The van der Waals surface area contributed by atoms with Crippen molar-refractivity contribution in [1.82, 2.24) is 20.9 Å². The Kier molecular flexibility index (Phi) is 11.5. The van der Waals surface area contributed by atoms with E-state index in [4.69, 9.17) is 21.4 Å². The molecule has 1 saturated heterocycles. The third-order valence-electron chi connectivity index (χ3n) is 7.23. The smallest absolute Gasteiger partial charge is 0.404 e. The number of hydrogen-bond donors (Lipinski definition) is 4. The number of carbonyl (C=O) groups excluding carboxylic acids is 1. The van der Waals surface area contributed by atoms with Crippen LogP contribution in [-0.2, 0) is 4.74 Å². The number of nitrogens with zero attached hydrogens (tertiary/aromatic N) is 1. The van der Waals surface area contributed by atoms with Crippen LogP contribution in [0.15, 0.2) is 18.2 Å². The van der Waals surface area contributed by atoms with E-state index in [0.29, 0.717) is 29.6 Å². The zero-order chi connectivity index (χ0) is 25.9. The molecule has 1 heterocycles. The molecular formula is C26H40ClFN4O4. The summed E-state index contributed by atoms with van der Waals surface area (Å²) in [6, 6.07) is 4.31. The maximum Gasteiger partial charge on any atom is 0.404 e. The van der Waals surface area contributed by atoms with Crippen LogP contribution in [0.4, 0.5) is 14.0 Å². The lowest BCUT2D eigenvalue weighted by atomic mass is 9.85. The van der Waals surface area contributed by atoms with E-state index in [0.717, 1.165) is 25.8 Å². The van der Waals surface area contributed by atoms with Crippen LogP contribution in [0.1, 0.15) is 63.0 Å². The maximum atomic E-state index is 14.8. The highest BCUT2D eigenvalue weighted by Gasteiger charge is 2.33. The molecule has 1 aromatic carbocycles. The zero-order valence-electron chi connectivity index (χ0n) is 21.1. The fourth-order valence-electron chi connectivity index (χ4n) is 5.53. The quantitative estimate of drug-likeness (QED) is 0.311. The summed E-state index contributed by atoms with van der Waals surface area (Å²) in [5.41, 5.74) is 0.329. The number of benzene rings is 1. The Labute approximate surface area is 218 Å². The van der Waals surface area contributed by atoms with Gasteiger partial charge in [-0.15, -0.1) is 0 Å². The summed E-state index contributed by atoms with van der Waals surface area (Å²) in [6.45, 7) is 1.93. The van der Waals surface area contributed by atoms with E-state index in [1.807, 2.05) is 7.05 Å². The molecule has 1 aliphatic carbocycles. The Balaban J connectivity index is 1.66. The molecule has 3 atom stereocenters. The number of amides is 3. The molecule has 202 valence electrons. The minimum Gasteiger partial charge on any atom is -0.465 e. The molecule has 1 aromatic rings. The van der Waals surface area contributed by atoms with Gasteiger partial charge in [0.2, 0.25) is 0 Å². The average Bonchev–Trinajstić information content (AvgIpc) is 2.86. The number of likely N-dealkylation sites (tertiary alicyclic amines) is 1. The van der Waals surface area contributed by atoms with Crippen molar-refractivity contribution in [2.75, 3.05) is 39.8 Å². The molecule has 0 radical (unpaired) electrons. The van der Waals surface area contributed by atoms with Crippen LogP contribution in [-0.4, -0.2) is 68.0 Å². The van der Waals surface area contributed by atoms with Gasteiger partial charge in [-0.25, -0.2) is 14.0 Å². The van der Waals surface area contributed by atoms with Gasteiger partial charge in [0.1, 0.15) is 5.82 Å². The van der Waals surface area contributed by atoms with Gasteiger partial charge in [-0.3, -0.25) is 0 Å². The van der Waals surface area contributed by atoms with E-state index in [1.165, 1.54) is 44.2 Å². The summed E-state index contributed by atoms with van der Waals surface area (Å²) < 4.78 is 20.8. The molecule has 2 fully saturated rings. The van der Waals surface area contributed by atoms with Gasteiger partial charge in [-0.2, -0.15) is 0 Å². The highest BCUT2D eigenvalue weighted by molar-refractivity contribution is 6.30. The number of likely N-dealkylation sites (N-methyl/N-ethyl adjacent to an activating group) is 1. The summed E-state index contributed by atoms with van der Waals surface area (Å²) in [7, 11) is 1.90. The van der Waals surface area contributed by atoms with Gasteiger partial charge in [0.25, 0.3) is 0 Å². The van der Waals surface area contributed by atoms with Crippen molar-refractivity contribution in [2.45, 2.75) is 63.5 Å². The lowest BCUT2D eigenvalue weighted by molar-refractivity contribution is -0.0104. The molecule has 3 rings (SSSR count). The van der Waals surface area contributed by atoms with Crippen LogP contribution in [0.2, 0.25) is 5.02 Å². The highest BCUT2D eigenvalue weighted by Crippen LogP contribution is 2.35. The number of carbonyl (C=O) groups is 2. The number of hydrogen-bond acceptors (Lipinski definition) is 4. The number of urea groups is 1. The summed E-state index contributed by atoms with van der Waals surface area (Å²) in [6.07, 6.45) is 6.99. The van der Waals surface area contributed by atoms with Crippen molar-refractivity contribution in [1.29, 1.82) is 0 Å². The molecule has 1 saturated carbocycles. The molecule has 4 N–H and O–H groups in total. The molecule has 1 aliphatic heterocycles. The fraction of sp³-hybridized carbons (Fsp3) is 0.692. The summed E-state index contributed by atoms with van der Waals surface area (Å²) in [4.78, 5) is 25.9. The number of piperidine rings is 1. The molecule has 8 nitrogen and oxygen atoms in total. The molecule has 36 heavy (non-hydrogen) atoms. The third kappa shape index (κ3) is 8.78. The van der Waals surface area contributed by atoms with E-state index in [9.17, 15) is 14.0 Å². The van der Waals surface area contributed by atoms with Gasteiger partial charge < -0.3 is 30.7 Å². The Morgan fingerprint density at radius 3 is 2.72 bits per heavy atom. The number of rotatable bonds is 11. The second-order valence-electron chi connectivity index (χ2n) is 9.98.